The van der Waals surface area contributed by atoms with E-state index in [4.69, 9.17) is 9.47 Å². The van der Waals surface area contributed by atoms with Crippen LogP contribution < -0.4 is 10.1 Å². The Labute approximate surface area is 167 Å². The van der Waals surface area contributed by atoms with Crippen LogP contribution in [-0.4, -0.2) is 31.1 Å². The molecule has 2 rings (SSSR count). The highest BCUT2D eigenvalue weighted by molar-refractivity contribution is 5.86. The molecule has 0 aliphatic carbocycles. The Morgan fingerprint density at radius 1 is 0.893 bits per heavy atom. The highest BCUT2D eigenvalue weighted by Crippen LogP contribution is 2.14. The molecule has 0 saturated carbocycles. The summed E-state index contributed by atoms with van der Waals surface area (Å²) in [6.45, 7) is 5.45. The predicted molar refractivity (Wildman–Crippen MR) is 109 cm³/mol. The lowest BCUT2D eigenvalue weighted by Crippen LogP contribution is -2.46. The molecule has 28 heavy (non-hydrogen) atoms. The highest BCUT2D eigenvalue weighted by Gasteiger charge is 2.26. The van der Waals surface area contributed by atoms with E-state index in [2.05, 4.69) is 5.32 Å². The minimum atomic E-state index is -0.735. The van der Waals surface area contributed by atoms with E-state index < -0.39 is 12.0 Å². The average Bonchev–Trinajstić information content (AvgIpc) is 2.68. The van der Waals surface area contributed by atoms with Crippen LogP contribution in [0.15, 0.2) is 54.6 Å². The van der Waals surface area contributed by atoms with Crippen molar-refractivity contribution in [3.8, 4) is 5.75 Å². The zero-order chi connectivity index (χ0) is 20.5. The zero-order valence-electron chi connectivity index (χ0n) is 17.0. The molecule has 0 aromatic heterocycles. The highest BCUT2D eigenvalue weighted by atomic mass is 16.5. The fourth-order valence-electron chi connectivity index (χ4n) is 2.88. The van der Waals surface area contributed by atoms with Crippen LogP contribution in [0.3, 0.4) is 0 Å². The first kappa shape index (κ1) is 21.5. The second-order valence-electron chi connectivity index (χ2n) is 7.19. The summed E-state index contributed by atoms with van der Waals surface area (Å²) in [5.74, 6) is -0.104. The molecule has 1 amide bonds. The van der Waals surface area contributed by atoms with Gasteiger partial charge in [-0.05, 0) is 43.5 Å². The fourth-order valence-corrected chi connectivity index (χ4v) is 2.88. The topological polar surface area (TPSA) is 64.6 Å². The van der Waals surface area contributed by atoms with Crippen LogP contribution in [-0.2, 0) is 27.2 Å². The van der Waals surface area contributed by atoms with Gasteiger partial charge in [0.25, 0.3) is 0 Å². The Balaban J connectivity index is 2.06. The fraction of sp³-hybridized carbons (Fsp3) is 0.391. The van der Waals surface area contributed by atoms with Gasteiger partial charge < -0.3 is 14.8 Å². The maximum Gasteiger partial charge on any atom is 0.329 e. The first-order valence-corrected chi connectivity index (χ1v) is 9.56. The summed E-state index contributed by atoms with van der Waals surface area (Å²) in [6.07, 6.45) is 0.727. The van der Waals surface area contributed by atoms with Crippen LogP contribution in [0.5, 0.6) is 5.75 Å². The van der Waals surface area contributed by atoms with Crippen LogP contribution >= 0.6 is 0 Å². The lowest BCUT2D eigenvalue weighted by molar-refractivity contribution is -0.151. The third-order valence-electron chi connectivity index (χ3n) is 4.38. The van der Waals surface area contributed by atoms with Crippen LogP contribution in [0.2, 0.25) is 0 Å². The Morgan fingerprint density at radius 2 is 1.50 bits per heavy atom. The van der Waals surface area contributed by atoms with Crippen molar-refractivity contribution in [1.82, 2.24) is 5.32 Å². The van der Waals surface area contributed by atoms with Gasteiger partial charge >= 0.3 is 5.97 Å². The van der Waals surface area contributed by atoms with E-state index in [0.717, 1.165) is 16.9 Å². The number of nitrogens with one attached hydrogen (secondary N) is 1. The van der Waals surface area contributed by atoms with Gasteiger partial charge in [0.15, 0.2) is 0 Å². The third kappa shape index (κ3) is 6.72. The van der Waals surface area contributed by atoms with Crippen molar-refractivity contribution in [2.45, 2.75) is 45.8 Å². The van der Waals surface area contributed by atoms with E-state index in [1.54, 1.807) is 21.0 Å². The summed E-state index contributed by atoms with van der Waals surface area (Å²) in [7, 11) is 1.60. The first-order chi connectivity index (χ1) is 13.4. The number of benzene rings is 2. The van der Waals surface area contributed by atoms with Crippen LogP contribution in [0.4, 0.5) is 0 Å². The Hall–Kier alpha value is -2.82. The molecular formula is C23H29NO4. The third-order valence-corrected chi connectivity index (χ3v) is 4.38. The number of carbonyl (C=O) groups is 2. The quantitative estimate of drug-likeness (QED) is 0.673. The minimum absolute atomic E-state index is 0.164. The number of methoxy groups -OCH3 is 1. The van der Waals surface area contributed by atoms with Crippen LogP contribution in [0.1, 0.15) is 31.9 Å². The van der Waals surface area contributed by atoms with Crippen molar-refractivity contribution in [3.63, 3.8) is 0 Å². The molecule has 1 N–H and O–H groups in total. The van der Waals surface area contributed by atoms with E-state index in [1.165, 1.54) is 0 Å². The van der Waals surface area contributed by atoms with Gasteiger partial charge in [0.05, 0.1) is 13.2 Å². The average molecular weight is 383 g/mol. The number of ether oxygens (including phenoxy) is 2. The lowest BCUT2D eigenvalue weighted by atomic mass is 9.99. The smallest absolute Gasteiger partial charge is 0.329 e. The van der Waals surface area contributed by atoms with Crippen molar-refractivity contribution in [1.29, 1.82) is 0 Å². The molecule has 2 unspecified atom stereocenters. The first-order valence-electron chi connectivity index (χ1n) is 9.56. The lowest BCUT2D eigenvalue weighted by Gasteiger charge is -2.21. The molecule has 0 fully saturated rings. The van der Waals surface area contributed by atoms with Crippen molar-refractivity contribution in [2.75, 3.05) is 7.11 Å². The SMILES string of the molecule is COc1ccc(CC(NC(=O)C(C)Cc2ccccc2)C(=O)OC(C)C)cc1. The Morgan fingerprint density at radius 3 is 2.07 bits per heavy atom. The summed E-state index contributed by atoms with van der Waals surface area (Å²) in [6, 6.07) is 16.5. The van der Waals surface area contributed by atoms with Gasteiger partial charge in [0.1, 0.15) is 11.8 Å². The standard InChI is InChI=1S/C23H29NO4/c1-16(2)28-23(26)21(15-19-10-12-20(27-4)13-11-19)24-22(25)17(3)14-18-8-6-5-7-9-18/h5-13,16-17,21H,14-15H2,1-4H3,(H,24,25). The van der Waals surface area contributed by atoms with Gasteiger partial charge in [-0.25, -0.2) is 4.79 Å². The Kier molecular flexibility index (Phi) is 8.05. The molecular weight excluding hydrogens is 354 g/mol. The second kappa shape index (κ2) is 10.5. The second-order valence-corrected chi connectivity index (χ2v) is 7.19. The summed E-state index contributed by atoms with van der Waals surface area (Å²) in [4.78, 5) is 25.2. The number of amides is 1. The van der Waals surface area contributed by atoms with E-state index in [1.807, 2.05) is 61.5 Å². The normalized spacial score (nSPS) is 12.9. The van der Waals surface area contributed by atoms with E-state index >= 15 is 0 Å². The zero-order valence-corrected chi connectivity index (χ0v) is 17.0. The molecule has 0 radical (unpaired) electrons. The van der Waals surface area contributed by atoms with Gasteiger partial charge in [-0.3, -0.25) is 4.79 Å². The number of rotatable bonds is 9. The van der Waals surface area contributed by atoms with E-state index in [9.17, 15) is 9.59 Å². The van der Waals surface area contributed by atoms with Crippen molar-refractivity contribution >= 4 is 11.9 Å². The van der Waals surface area contributed by atoms with Gasteiger partial charge in [-0.2, -0.15) is 0 Å². The molecule has 0 aliphatic rings. The van der Waals surface area contributed by atoms with Gasteiger partial charge in [0, 0.05) is 12.3 Å². The summed E-state index contributed by atoms with van der Waals surface area (Å²) in [5.41, 5.74) is 2.00. The molecule has 0 spiro atoms. The molecule has 5 nitrogen and oxygen atoms in total. The molecule has 2 atom stereocenters. The minimum Gasteiger partial charge on any atom is -0.497 e. The number of hydrogen-bond acceptors (Lipinski definition) is 4. The molecule has 0 heterocycles. The van der Waals surface area contributed by atoms with Crippen molar-refractivity contribution in [3.05, 3.63) is 65.7 Å². The Bertz CT molecular complexity index is 756. The molecule has 0 saturated heterocycles. The molecule has 2 aromatic carbocycles. The van der Waals surface area contributed by atoms with Gasteiger partial charge in [-0.1, -0.05) is 49.4 Å². The van der Waals surface area contributed by atoms with Gasteiger partial charge in [0.2, 0.25) is 5.91 Å². The maximum atomic E-state index is 12.7. The molecule has 0 aliphatic heterocycles. The van der Waals surface area contributed by atoms with Crippen molar-refractivity contribution < 1.29 is 19.1 Å². The molecule has 2 aromatic rings. The molecule has 150 valence electrons. The number of esters is 1. The largest absolute Gasteiger partial charge is 0.497 e. The number of hydrogen-bond donors (Lipinski definition) is 1. The summed E-state index contributed by atoms with van der Waals surface area (Å²) >= 11 is 0. The van der Waals surface area contributed by atoms with Gasteiger partial charge in [-0.15, -0.1) is 0 Å². The summed E-state index contributed by atoms with van der Waals surface area (Å²) in [5, 5.41) is 2.87. The van der Waals surface area contributed by atoms with Crippen LogP contribution in [0.25, 0.3) is 0 Å². The summed E-state index contributed by atoms with van der Waals surface area (Å²) < 4.78 is 10.5. The molecule has 0 bridgehead atoms. The monoisotopic (exact) mass is 383 g/mol. The van der Waals surface area contributed by atoms with E-state index in [0.29, 0.717) is 12.8 Å². The maximum absolute atomic E-state index is 12.7. The molecule has 5 heteroatoms. The predicted octanol–water partition coefficient (Wildman–Crippen LogP) is 3.55. The van der Waals surface area contributed by atoms with Crippen molar-refractivity contribution in [2.24, 2.45) is 5.92 Å². The van der Waals surface area contributed by atoms with Crippen LogP contribution in [0, 0.1) is 5.92 Å². The number of carbonyl (C=O) groups excluding carboxylic acids is 2. The van der Waals surface area contributed by atoms with E-state index in [-0.39, 0.29) is 17.9 Å².